The van der Waals surface area contributed by atoms with Gasteiger partial charge in [0.05, 0.1) is 0 Å². The SMILES string of the molecule is CCCCCCCC(CCCCCC)C(CCCCC)(CCCCC)CC(C)C. The van der Waals surface area contributed by atoms with Crippen LogP contribution in [0.3, 0.4) is 0 Å². The minimum atomic E-state index is 0.634. The first-order valence-electron chi connectivity index (χ1n) is 14.1. The van der Waals surface area contributed by atoms with Gasteiger partial charge in [-0.15, -0.1) is 0 Å². The van der Waals surface area contributed by atoms with Gasteiger partial charge >= 0.3 is 0 Å². The van der Waals surface area contributed by atoms with Crippen LogP contribution in [0.5, 0.6) is 0 Å². The van der Waals surface area contributed by atoms with Crippen molar-refractivity contribution in [1.82, 2.24) is 0 Å². The van der Waals surface area contributed by atoms with Crippen LogP contribution in [0.4, 0.5) is 0 Å². The maximum Gasteiger partial charge on any atom is -0.0267 e. The smallest absolute Gasteiger partial charge is 0.0267 e. The molecule has 0 aliphatic rings. The minimum Gasteiger partial charge on any atom is -0.0654 e. The van der Waals surface area contributed by atoms with E-state index in [9.17, 15) is 0 Å². The van der Waals surface area contributed by atoms with Crippen molar-refractivity contribution < 1.29 is 0 Å². The van der Waals surface area contributed by atoms with Crippen LogP contribution in [0.2, 0.25) is 0 Å². The monoisotopic (exact) mass is 408 g/mol. The molecule has 0 fully saturated rings. The highest BCUT2D eigenvalue weighted by Gasteiger charge is 2.37. The molecule has 1 unspecified atom stereocenters. The predicted molar refractivity (Wildman–Crippen MR) is 136 cm³/mol. The molecule has 0 spiro atoms. The van der Waals surface area contributed by atoms with E-state index in [1.165, 1.54) is 128 Å². The first-order chi connectivity index (χ1) is 14.1. The summed E-state index contributed by atoms with van der Waals surface area (Å²) in [6, 6.07) is 0. The second-order valence-corrected chi connectivity index (χ2v) is 10.6. The highest BCUT2D eigenvalue weighted by molar-refractivity contribution is 4.88. The molecule has 0 radical (unpaired) electrons. The Hall–Kier alpha value is 0. The fourth-order valence-corrected chi connectivity index (χ4v) is 5.74. The Labute approximate surface area is 187 Å². The van der Waals surface area contributed by atoms with E-state index in [1.807, 2.05) is 0 Å². The van der Waals surface area contributed by atoms with Crippen molar-refractivity contribution in [2.75, 3.05) is 0 Å². The lowest BCUT2D eigenvalue weighted by Crippen LogP contribution is -2.33. The van der Waals surface area contributed by atoms with E-state index in [0.29, 0.717) is 5.41 Å². The van der Waals surface area contributed by atoms with E-state index in [2.05, 4.69) is 41.5 Å². The van der Waals surface area contributed by atoms with Crippen molar-refractivity contribution in [3.05, 3.63) is 0 Å². The molecule has 0 saturated carbocycles. The van der Waals surface area contributed by atoms with Gasteiger partial charge in [-0.3, -0.25) is 0 Å². The molecule has 29 heavy (non-hydrogen) atoms. The Morgan fingerprint density at radius 3 is 1.28 bits per heavy atom. The van der Waals surface area contributed by atoms with Gasteiger partial charge in [-0.05, 0) is 49.4 Å². The number of hydrogen-bond donors (Lipinski definition) is 0. The average molecular weight is 409 g/mol. The van der Waals surface area contributed by atoms with E-state index in [1.54, 1.807) is 0 Å². The molecule has 0 aliphatic carbocycles. The molecule has 0 aromatic carbocycles. The van der Waals surface area contributed by atoms with Gasteiger partial charge in [-0.1, -0.05) is 138 Å². The van der Waals surface area contributed by atoms with E-state index in [-0.39, 0.29) is 0 Å². The zero-order valence-electron chi connectivity index (χ0n) is 21.8. The van der Waals surface area contributed by atoms with Gasteiger partial charge < -0.3 is 0 Å². The Bertz CT molecular complexity index is 306. The second-order valence-electron chi connectivity index (χ2n) is 10.6. The third-order valence-corrected chi connectivity index (χ3v) is 7.30. The van der Waals surface area contributed by atoms with Crippen molar-refractivity contribution >= 4 is 0 Å². The molecule has 176 valence electrons. The number of rotatable bonds is 22. The highest BCUT2D eigenvalue weighted by Crippen LogP contribution is 2.48. The lowest BCUT2D eigenvalue weighted by atomic mass is 9.61. The first-order valence-corrected chi connectivity index (χ1v) is 14.1. The summed E-state index contributed by atoms with van der Waals surface area (Å²) in [5, 5.41) is 0. The molecular weight excluding hydrogens is 348 g/mol. The third kappa shape index (κ3) is 14.6. The molecule has 0 amide bonds. The molecule has 0 aromatic rings. The van der Waals surface area contributed by atoms with Crippen molar-refractivity contribution in [3.8, 4) is 0 Å². The van der Waals surface area contributed by atoms with Gasteiger partial charge in [0.2, 0.25) is 0 Å². The summed E-state index contributed by atoms with van der Waals surface area (Å²) in [4.78, 5) is 0. The first kappa shape index (κ1) is 29.0. The summed E-state index contributed by atoms with van der Waals surface area (Å²) >= 11 is 0. The Morgan fingerprint density at radius 1 is 0.483 bits per heavy atom. The fraction of sp³-hybridized carbons (Fsp3) is 1.00. The Kier molecular flexibility index (Phi) is 19.9. The van der Waals surface area contributed by atoms with Crippen LogP contribution < -0.4 is 0 Å². The third-order valence-electron chi connectivity index (χ3n) is 7.30. The summed E-state index contributed by atoms with van der Waals surface area (Å²) in [6.07, 6.45) is 29.0. The molecule has 0 N–H and O–H groups in total. The molecule has 0 heteroatoms. The summed E-state index contributed by atoms with van der Waals surface area (Å²) in [5.41, 5.74) is 0.634. The lowest BCUT2D eigenvalue weighted by molar-refractivity contribution is 0.0702. The normalized spacial score (nSPS) is 13.3. The molecule has 0 aliphatic heterocycles. The molecule has 0 nitrogen and oxygen atoms in total. The molecule has 0 saturated heterocycles. The van der Waals surface area contributed by atoms with Crippen molar-refractivity contribution in [1.29, 1.82) is 0 Å². The molecule has 0 heterocycles. The van der Waals surface area contributed by atoms with Crippen molar-refractivity contribution in [2.24, 2.45) is 17.3 Å². The van der Waals surface area contributed by atoms with Crippen LogP contribution in [0.25, 0.3) is 0 Å². The van der Waals surface area contributed by atoms with Gasteiger partial charge in [0, 0.05) is 0 Å². The minimum absolute atomic E-state index is 0.634. The van der Waals surface area contributed by atoms with Crippen LogP contribution >= 0.6 is 0 Å². The number of hydrogen-bond acceptors (Lipinski definition) is 0. The maximum absolute atomic E-state index is 2.49. The largest absolute Gasteiger partial charge is 0.0654 e. The standard InChI is InChI=1S/C29H60/c1-7-11-15-17-19-23-28(22-18-16-12-8-2)29(26-27(5)6,24-20-13-9-3)25-21-14-10-4/h27-28H,7-26H2,1-6H3. The van der Waals surface area contributed by atoms with Gasteiger partial charge in [0.15, 0.2) is 0 Å². The van der Waals surface area contributed by atoms with Gasteiger partial charge in [-0.25, -0.2) is 0 Å². The van der Waals surface area contributed by atoms with Crippen molar-refractivity contribution in [2.45, 2.75) is 170 Å². The fourth-order valence-electron chi connectivity index (χ4n) is 5.74. The zero-order valence-corrected chi connectivity index (χ0v) is 21.8. The summed E-state index contributed by atoms with van der Waals surface area (Å²) in [5.74, 6) is 1.83. The number of unbranched alkanes of at least 4 members (excludes halogenated alkanes) is 11. The van der Waals surface area contributed by atoms with Crippen LogP contribution in [0.15, 0.2) is 0 Å². The van der Waals surface area contributed by atoms with E-state index >= 15 is 0 Å². The van der Waals surface area contributed by atoms with Crippen LogP contribution in [0, 0.1) is 17.3 Å². The Morgan fingerprint density at radius 2 is 0.862 bits per heavy atom. The molecular formula is C29H60. The topological polar surface area (TPSA) is 0 Å². The van der Waals surface area contributed by atoms with Crippen molar-refractivity contribution in [3.63, 3.8) is 0 Å². The summed E-state index contributed by atoms with van der Waals surface area (Å²) in [7, 11) is 0. The second kappa shape index (κ2) is 19.9. The molecule has 0 rings (SSSR count). The quantitative estimate of drug-likeness (QED) is 0.156. The summed E-state index contributed by atoms with van der Waals surface area (Å²) < 4.78 is 0. The lowest BCUT2D eigenvalue weighted by Gasteiger charge is -2.44. The zero-order chi connectivity index (χ0) is 21.8. The van der Waals surface area contributed by atoms with E-state index < -0.39 is 0 Å². The Balaban J connectivity index is 5.31. The molecule has 0 aromatic heterocycles. The van der Waals surface area contributed by atoms with Crippen LogP contribution in [0.1, 0.15) is 170 Å². The van der Waals surface area contributed by atoms with E-state index in [4.69, 9.17) is 0 Å². The molecule has 0 bridgehead atoms. The van der Waals surface area contributed by atoms with Gasteiger partial charge in [0.1, 0.15) is 0 Å². The highest BCUT2D eigenvalue weighted by atomic mass is 14.4. The molecule has 1 atom stereocenters. The summed E-state index contributed by atoms with van der Waals surface area (Å²) in [6.45, 7) is 14.4. The van der Waals surface area contributed by atoms with E-state index in [0.717, 1.165) is 11.8 Å². The van der Waals surface area contributed by atoms with Crippen LogP contribution in [-0.4, -0.2) is 0 Å². The average Bonchev–Trinajstić information content (AvgIpc) is 2.69. The van der Waals surface area contributed by atoms with Gasteiger partial charge in [-0.2, -0.15) is 0 Å². The van der Waals surface area contributed by atoms with Gasteiger partial charge in [0.25, 0.3) is 0 Å². The maximum atomic E-state index is 2.49. The predicted octanol–water partition coefficient (Wildman–Crippen LogP) is 11.1. The van der Waals surface area contributed by atoms with Crippen LogP contribution in [-0.2, 0) is 0 Å².